The molecule has 1 aromatic rings. The molecule has 0 spiro atoms. The number of para-hydroxylation sites is 1. The average molecular weight is 308 g/mol. The first-order valence-corrected chi connectivity index (χ1v) is 6.80. The standard InChI is InChI=1S/C12H13BrClFO/c13-7-12(5-2-6-12)8-16-11-9(14)3-1-4-10(11)15/h1,3-4H,2,5-8H2. The van der Waals surface area contributed by atoms with E-state index in [2.05, 4.69) is 15.9 Å². The predicted octanol–water partition coefficient (Wildman–Crippen LogP) is 4.42. The van der Waals surface area contributed by atoms with Crippen LogP contribution in [0.1, 0.15) is 19.3 Å². The fourth-order valence-electron chi connectivity index (χ4n) is 1.84. The first-order chi connectivity index (χ1) is 7.67. The van der Waals surface area contributed by atoms with E-state index >= 15 is 0 Å². The SMILES string of the molecule is Fc1cccc(Cl)c1OCC1(CBr)CCC1. The number of benzene rings is 1. The molecule has 0 aromatic heterocycles. The molecule has 1 saturated carbocycles. The van der Waals surface area contributed by atoms with Crippen molar-refractivity contribution in [3.05, 3.63) is 29.0 Å². The molecule has 88 valence electrons. The molecule has 1 fully saturated rings. The summed E-state index contributed by atoms with van der Waals surface area (Å²) in [6.07, 6.45) is 3.48. The molecule has 1 nitrogen and oxygen atoms in total. The molecule has 0 atom stereocenters. The van der Waals surface area contributed by atoms with Crippen molar-refractivity contribution in [1.82, 2.24) is 0 Å². The summed E-state index contributed by atoms with van der Waals surface area (Å²) in [6, 6.07) is 4.58. The highest BCUT2D eigenvalue weighted by Crippen LogP contribution is 2.43. The zero-order chi connectivity index (χ0) is 11.6. The number of alkyl halides is 1. The Hall–Kier alpha value is -0.280. The molecule has 1 aromatic carbocycles. The topological polar surface area (TPSA) is 9.23 Å². The van der Waals surface area contributed by atoms with Gasteiger partial charge in [-0.25, -0.2) is 4.39 Å². The van der Waals surface area contributed by atoms with Gasteiger partial charge in [0, 0.05) is 10.7 Å². The second-order valence-corrected chi connectivity index (χ2v) is 5.29. The first-order valence-electron chi connectivity index (χ1n) is 5.30. The van der Waals surface area contributed by atoms with Crippen LogP contribution in [0.15, 0.2) is 18.2 Å². The lowest BCUT2D eigenvalue weighted by Crippen LogP contribution is -2.37. The van der Waals surface area contributed by atoms with E-state index < -0.39 is 5.82 Å². The lowest BCUT2D eigenvalue weighted by Gasteiger charge is -2.40. The van der Waals surface area contributed by atoms with Crippen LogP contribution in [0.25, 0.3) is 0 Å². The Bertz CT molecular complexity index is 354. The van der Waals surface area contributed by atoms with Gasteiger partial charge >= 0.3 is 0 Å². The van der Waals surface area contributed by atoms with E-state index in [1.807, 2.05) is 0 Å². The van der Waals surface area contributed by atoms with Crippen molar-refractivity contribution in [3.8, 4) is 5.75 Å². The van der Waals surface area contributed by atoms with Gasteiger partial charge in [0.05, 0.1) is 11.6 Å². The molecule has 4 heteroatoms. The van der Waals surface area contributed by atoms with Crippen molar-refractivity contribution >= 4 is 27.5 Å². The van der Waals surface area contributed by atoms with Gasteiger partial charge in [0.1, 0.15) is 0 Å². The van der Waals surface area contributed by atoms with Crippen LogP contribution in [-0.4, -0.2) is 11.9 Å². The monoisotopic (exact) mass is 306 g/mol. The van der Waals surface area contributed by atoms with Crippen molar-refractivity contribution in [2.45, 2.75) is 19.3 Å². The fourth-order valence-corrected chi connectivity index (χ4v) is 2.78. The van der Waals surface area contributed by atoms with Crippen molar-refractivity contribution in [2.24, 2.45) is 5.41 Å². The molecule has 0 amide bonds. The van der Waals surface area contributed by atoms with Crippen LogP contribution in [0.4, 0.5) is 4.39 Å². The van der Waals surface area contributed by atoms with E-state index in [0.29, 0.717) is 11.6 Å². The molecule has 1 aliphatic carbocycles. The molecule has 0 unspecified atom stereocenters. The number of halogens is 3. The quantitative estimate of drug-likeness (QED) is 0.748. The van der Waals surface area contributed by atoms with Crippen molar-refractivity contribution < 1.29 is 9.13 Å². The first kappa shape index (κ1) is 12.2. The largest absolute Gasteiger partial charge is 0.488 e. The molecule has 0 saturated heterocycles. The summed E-state index contributed by atoms with van der Waals surface area (Å²) in [5.74, 6) is -0.215. The van der Waals surface area contributed by atoms with Crippen LogP contribution in [0.3, 0.4) is 0 Å². The Kier molecular flexibility index (Phi) is 3.75. The maximum atomic E-state index is 13.4. The highest BCUT2D eigenvalue weighted by atomic mass is 79.9. The van der Waals surface area contributed by atoms with Crippen LogP contribution in [0.2, 0.25) is 5.02 Å². The second-order valence-electron chi connectivity index (χ2n) is 4.33. The lowest BCUT2D eigenvalue weighted by molar-refractivity contribution is 0.0814. The van der Waals surface area contributed by atoms with Gasteiger partial charge in [-0.3, -0.25) is 0 Å². The third-order valence-electron chi connectivity index (χ3n) is 3.14. The summed E-state index contributed by atoms with van der Waals surface area (Å²) in [5.41, 5.74) is 0.172. The molecular formula is C12H13BrClFO. The Morgan fingerprint density at radius 3 is 2.69 bits per heavy atom. The third kappa shape index (κ3) is 2.35. The van der Waals surface area contributed by atoms with Crippen molar-refractivity contribution in [1.29, 1.82) is 0 Å². The van der Waals surface area contributed by atoms with Crippen LogP contribution in [0.5, 0.6) is 5.75 Å². The van der Waals surface area contributed by atoms with Gasteiger partial charge in [-0.05, 0) is 25.0 Å². The van der Waals surface area contributed by atoms with Gasteiger partial charge in [0.2, 0.25) is 0 Å². The van der Waals surface area contributed by atoms with E-state index in [1.165, 1.54) is 12.5 Å². The molecule has 0 N–H and O–H groups in total. The normalized spacial score (nSPS) is 17.9. The molecule has 0 bridgehead atoms. The zero-order valence-electron chi connectivity index (χ0n) is 8.81. The van der Waals surface area contributed by atoms with Crippen LogP contribution in [-0.2, 0) is 0 Å². The maximum Gasteiger partial charge on any atom is 0.173 e. The van der Waals surface area contributed by atoms with Crippen LogP contribution >= 0.6 is 27.5 Å². The summed E-state index contributed by atoms with van der Waals surface area (Å²) >= 11 is 9.37. The molecule has 0 heterocycles. The van der Waals surface area contributed by atoms with Crippen LogP contribution in [0, 0.1) is 11.2 Å². The summed E-state index contributed by atoms with van der Waals surface area (Å²) in [7, 11) is 0. The van der Waals surface area contributed by atoms with E-state index in [0.717, 1.165) is 18.2 Å². The van der Waals surface area contributed by atoms with Gasteiger partial charge in [-0.15, -0.1) is 0 Å². The third-order valence-corrected chi connectivity index (χ3v) is 4.63. The number of ether oxygens (including phenoxy) is 1. The summed E-state index contributed by atoms with van der Waals surface area (Å²) in [6.45, 7) is 0.527. The highest BCUT2D eigenvalue weighted by molar-refractivity contribution is 9.09. The zero-order valence-corrected chi connectivity index (χ0v) is 11.2. The average Bonchev–Trinajstić information content (AvgIpc) is 2.20. The molecule has 1 aliphatic rings. The minimum absolute atomic E-state index is 0.172. The minimum atomic E-state index is -0.392. The molecule has 0 aliphatic heterocycles. The Labute approximate surface area is 108 Å². The second kappa shape index (κ2) is 4.92. The van der Waals surface area contributed by atoms with Gasteiger partial charge in [0.25, 0.3) is 0 Å². The Balaban J connectivity index is 2.04. The van der Waals surface area contributed by atoms with Gasteiger partial charge in [0.15, 0.2) is 11.6 Å². The smallest absolute Gasteiger partial charge is 0.173 e. The summed E-state index contributed by atoms with van der Waals surface area (Å²) in [4.78, 5) is 0. The van der Waals surface area contributed by atoms with E-state index in [9.17, 15) is 4.39 Å². The van der Waals surface area contributed by atoms with Crippen molar-refractivity contribution in [3.63, 3.8) is 0 Å². The Morgan fingerprint density at radius 1 is 1.44 bits per heavy atom. The highest BCUT2D eigenvalue weighted by Gasteiger charge is 2.37. The van der Waals surface area contributed by atoms with Gasteiger partial charge in [-0.2, -0.15) is 0 Å². The van der Waals surface area contributed by atoms with E-state index in [1.54, 1.807) is 12.1 Å². The molecular weight excluding hydrogens is 294 g/mol. The summed E-state index contributed by atoms with van der Waals surface area (Å²) in [5, 5.41) is 1.23. The molecule has 2 rings (SSSR count). The fraction of sp³-hybridized carbons (Fsp3) is 0.500. The summed E-state index contributed by atoms with van der Waals surface area (Å²) < 4.78 is 19.0. The van der Waals surface area contributed by atoms with E-state index in [-0.39, 0.29) is 11.2 Å². The van der Waals surface area contributed by atoms with E-state index in [4.69, 9.17) is 16.3 Å². The van der Waals surface area contributed by atoms with Crippen molar-refractivity contribution in [2.75, 3.05) is 11.9 Å². The maximum absolute atomic E-state index is 13.4. The Morgan fingerprint density at radius 2 is 2.19 bits per heavy atom. The van der Waals surface area contributed by atoms with Crippen LogP contribution < -0.4 is 4.74 Å². The number of rotatable bonds is 4. The molecule has 0 radical (unpaired) electrons. The number of hydrogen-bond acceptors (Lipinski definition) is 1. The van der Waals surface area contributed by atoms with Gasteiger partial charge < -0.3 is 4.74 Å². The number of hydrogen-bond donors (Lipinski definition) is 0. The predicted molar refractivity (Wildman–Crippen MR) is 67.0 cm³/mol. The molecule has 16 heavy (non-hydrogen) atoms. The minimum Gasteiger partial charge on any atom is -0.488 e. The van der Waals surface area contributed by atoms with Gasteiger partial charge in [-0.1, -0.05) is 40.0 Å². The lowest BCUT2D eigenvalue weighted by atomic mass is 9.71.